The molecular formula is C60H107N2O7P. The summed E-state index contributed by atoms with van der Waals surface area (Å²) in [5, 5.41) is 3.00. The van der Waals surface area contributed by atoms with Crippen LogP contribution in [0.5, 0.6) is 0 Å². The highest BCUT2D eigenvalue weighted by atomic mass is 31.2. The Morgan fingerprint density at radius 2 is 0.914 bits per heavy atom. The van der Waals surface area contributed by atoms with E-state index in [-0.39, 0.29) is 31.3 Å². The lowest BCUT2D eigenvalue weighted by atomic mass is 10.1. The van der Waals surface area contributed by atoms with Crippen LogP contribution in [0, 0.1) is 0 Å². The van der Waals surface area contributed by atoms with Crippen LogP contribution in [0.3, 0.4) is 0 Å². The highest BCUT2D eigenvalue weighted by Crippen LogP contribution is 2.38. The smallest absolute Gasteiger partial charge is 0.306 e. The Balaban J connectivity index is 5.41. The molecule has 1 N–H and O–H groups in total. The summed E-state index contributed by atoms with van der Waals surface area (Å²) in [4.78, 5) is 39.8. The number of amides is 1. The highest BCUT2D eigenvalue weighted by Gasteiger charge is 2.27. The zero-order valence-corrected chi connectivity index (χ0v) is 46.8. The second-order valence-electron chi connectivity index (χ2n) is 20.1. The Hall–Kier alpha value is -2.81. The number of unbranched alkanes of at least 4 members (excludes halogenated alkanes) is 22. The summed E-state index contributed by atoms with van der Waals surface area (Å²) in [6, 6.07) is -0.912. The van der Waals surface area contributed by atoms with Crippen molar-refractivity contribution in [2.45, 2.75) is 245 Å². The molecule has 0 aromatic carbocycles. The highest BCUT2D eigenvalue weighted by molar-refractivity contribution is 7.45. The van der Waals surface area contributed by atoms with Crippen molar-refractivity contribution < 1.29 is 37.3 Å². The monoisotopic (exact) mass is 999 g/mol. The van der Waals surface area contributed by atoms with Crippen molar-refractivity contribution in [2.75, 3.05) is 40.9 Å². The topological polar surface area (TPSA) is 114 Å². The molecule has 0 saturated heterocycles. The van der Waals surface area contributed by atoms with Crippen molar-refractivity contribution in [3.05, 3.63) is 85.1 Å². The lowest BCUT2D eigenvalue weighted by Crippen LogP contribution is -2.47. The third-order valence-electron chi connectivity index (χ3n) is 12.1. The number of likely N-dealkylation sites (N-methyl/N-ethyl adjacent to an activating group) is 1. The van der Waals surface area contributed by atoms with Gasteiger partial charge in [-0.3, -0.25) is 14.2 Å². The lowest BCUT2D eigenvalue weighted by Gasteiger charge is -2.30. The fourth-order valence-electron chi connectivity index (χ4n) is 7.66. The molecule has 404 valence electrons. The SMILES string of the molecule is CC/C=C\C/C=C\C/C=C\C/C=C\C/C=C\CCCCCC(=O)OC(/C=C/CCCCCCCCCCC)C(COP(=O)([O-])OCC[N+](C)(C)C)NC(=O)CCCCC/C=C\CCCCCCCCC. The third-order valence-corrected chi connectivity index (χ3v) is 13.0. The summed E-state index contributed by atoms with van der Waals surface area (Å²) in [6.07, 6.45) is 64.1. The first-order chi connectivity index (χ1) is 33.9. The van der Waals surface area contributed by atoms with Crippen LogP contribution in [0.4, 0.5) is 0 Å². The van der Waals surface area contributed by atoms with Crippen molar-refractivity contribution in [2.24, 2.45) is 0 Å². The van der Waals surface area contributed by atoms with Gasteiger partial charge in [0.2, 0.25) is 5.91 Å². The minimum Gasteiger partial charge on any atom is -0.756 e. The zero-order chi connectivity index (χ0) is 51.5. The summed E-state index contributed by atoms with van der Waals surface area (Å²) in [7, 11) is 1.15. The molecule has 0 fully saturated rings. The van der Waals surface area contributed by atoms with Crippen LogP contribution in [-0.4, -0.2) is 69.4 Å². The molecule has 0 bridgehead atoms. The minimum absolute atomic E-state index is 0.0340. The second-order valence-corrected chi connectivity index (χ2v) is 21.5. The average molecular weight is 999 g/mol. The summed E-state index contributed by atoms with van der Waals surface area (Å²) in [6.45, 7) is 6.67. The Morgan fingerprint density at radius 3 is 1.39 bits per heavy atom. The average Bonchev–Trinajstić information content (AvgIpc) is 3.32. The van der Waals surface area contributed by atoms with E-state index < -0.39 is 26.6 Å². The Kier molecular flexibility index (Phi) is 47.8. The molecule has 3 atom stereocenters. The molecule has 0 aliphatic heterocycles. The molecule has 0 saturated carbocycles. The first-order valence-electron chi connectivity index (χ1n) is 28.4. The number of ether oxygens (including phenoxy) is 1. The number of phosphoric acid groups is 1. The van der Waals surface area contributed by atoms with Gasteiger partial charge in [0.25, 0.3) is 7.82 Å². The first-order valence-corrected chi connectivity index (χ1v) is 29.9. The first kappa shape index (κ1) is 67.2. The van der Waals surface area contributed by atoms with E-state index in [2.05, 4.69) is 99.0 Å². The summed E-state index contributed by atoms with van der Waals surface area (Å²) < 4.78 is 30.2. The van der Waals surface area contributed by atoms with Gasteiger partial charge in [-0.1, -0.05) is 202 Å². The maximum Gasteiger partial charge on any atom is 0.306 e. The van der Waals surface area contributed by atoms with Crippen LogP contribution in [0.15, 0.2) is 85.1 Å². The van der Waals surface area contributed by atoms with Crippen LogP contribution in [0.1, 0.15) is 233 Å². The van der Waals surface area contributed by atoms with Gasteiger partial charge in [0.1, 0.15) is 19.3 Å². The number of nitrogens with one attached hydrogen (secondary N) is 1. The maximum atomic E-state index is 13.4. The molecule has 70 heavy (non-hydrogen) atoms. The summed E-state index contributed by atoms with van der Waals surface area (Å²) in [5.41, 5.74) is 0. The molecule has 0 aliphatic carbocycles. The van der Waals surface area contributed by atoms with Crippen LogP contribution in [0.25, 0.3) is 0 Å². The number of rotatable bonds is 50. The summed E-state index contributed by atoms with van der Waals surface area (Å²) in [5.74, 6) is -0.602. The fourth-order valence-corrected chi connectivity index (χ4v) is 8.38. The number of hydrogen-bond donors (Lipinski definition) is 1. The number of carbonyl (C=O) groups excluding carboxylic acids is 2. The largest absolute Gasteiger partial charge is 0.756 e. The van der Waals surface area contributed by atoms with Crippen molar-refractivity contribution in [3.8, 4) is 0 Å². The molecule has 0 aromatic rings. The zero-order valence-electron chi connectivity index (χ0n) is 45.9. The van der Waals surface area contributed by atoms with E-state index in [1.807, 2.05) is 33.3 Å². The van der Waals surface area contributed by atoms with Crippen molar-refractivity contribution in [1.82, 2.24) is 5.32 Å². The van der Waals surface area contributed by atoms with Gasteiger partial charge in [0.15, 0.2) is 0 Å². The van der Waals surface area contributed by atoms with Crippen molar-refractivity contribution in [1.29, 1.82) is 0 Å². The molecule has 0 spiro atoms. The van der Waals surface area contributed by atoms with Gasteiger partial charge in [0.05, 0.1) is 33.8 Å². The van der Waals surface area contributed by atoms with E-state index in [0.29, 0.717) is 23.9 Å². The van der Waals surface area contributed by atoms with Gasteiger partial charge >= 0.3 is 5.97 Å². The molecule has 3 unspecified atom stereocenters. The molecule has 0 heterocycles. The van der Waals surface area contributed by atoms with E-state index >= 15 is 0 Å². The number of hydrogen-bond acceptors (Lipinski definition) is 7. The standard InChI is InChI=1S/C60H107N2O7P/c1-7-10-13-16-19-22-25-27-29-30-31-32-33-35-38-41-44-47-50-53-60(64)69-58(51-48-45-42-39-36-24-21-18-15-12-9-3)57(56-68-70(65,66)67-55-54-62(4,5)6)61-59(63)52-49-46-43-40-37-34-28-26-23-20-17-14-11-8-2/h10,13,19,22,27,29,31-32,34-35,37-38,48,51,57-58H,7-9,11-12,14-18,20-21,23-26,28,30,33,36,39-47,49-50,52-56H2,1-6H3,(H-,61,63,65,66)/b13-10-,22-19-,29-27-,32-31-,37-34-,38-35-,51-48+. The Morgan fingerprint density at radius 1 is 0.514 bits per heavy atom. The normalized spacial score (nSPS) is 14.4. The third kappa shape index (κ3) is 50.1. The predicted octanol–water partition coefficient (Wildman–Crippen LogP) is 16.4. The van der Waals surface area contributed by atoms with Gasteiger partial charge in [-0.2, -0.15) is 0 Å². The van der Waals surface area contributed by atoms with Gasteiger partial charge in [0, 0.05) is 12.8 Å². The van der Waals surface area contributed by atoms with Crippen molar-refractivity contribution >= 4 is 19.7 Å². The molecule has 1 amide bonds. The molecule has 0 rings (SSSR count). The van der Waals surface area contributed by atoms with Crippen LogP contribution < -0.4 is 10.2 Å². The van der Waals surface area contributed by atoms with Crippen LogP contribution in [0.2, 0.25) is 0 Å². The van der Waals surface area contributed by atoms with Crippen LogP contribution >= 0.6 is 7.82 Å². The van der Waals surface area contributed by atoms with Gasteiger partial charge < -0.3 is 28.5 Å². The molecule has 0 aliphatic rings. The van der Waals surface area contributed by atoms with Gasteiger partial charge in [-0.15, -0.1) is 0 Å². The van der Waals surface area contributed by atoms with Gasteiger partial charge in [-0.05, 0) is 102 Å². The number of quaternary nitrogens is 1. The number of esters is 1. The van der Waals surface area contributed by atoms with E-state index in [0.717, 1.165) is 96.3 Å². The lowest BCUT2D eigenvalue weighted by molar-refractivity contribution is -0.870. The predicted molar refractivity (Wildman–Crippen MR) is 298 cm³/mol. The van der Waals surface area contributed by atoms with E-state index in [9.17, 15) is 19.0 Å². The fraction of sp³-hybridized carbons (Fsp3) is 0.733. The molecule has 0 radical (unpaired) electrons. The maximum absolute atomic E-state index is 13.4. The number of nitrogens with zero attached hydrogens (tertiary/aromatic N) is 1. The molecular weight excluding hydrogens is 892 g/mol. The second kappa shape index (κ2) is 49.8. The van der Waals surface area contributed by atoms with Crippen LogP contribution in [-0.2, 0) is 27.9 Å². The number of phosphoric ester groups is 1. The number of carbonyl (C=O) groups is 2. The van der Waals surface area contributed by atoms with Crippen molar-refractivity contribution in [3.63, 3.8) is 0 Å². The van der Waals surface area contributed by atoms with Gasteiger partial charge in [-0.25, -0.2) is 0 Å². The van der Waals surface area contributed by atoms with E-state index in [1.54, 1.807) is 0 Å². The molecule has 0 aromatic heterocycles. The molecule has 9 nitrogen and oxygen atoms in total. The Bertz CT molecular complexity index is 1480. The molecule has 10 heteroatoms. The summed E-state index contributed by atoms with van der Waals surface area (Å²) >= 11 is 0. The number of allylic oxidation sites excluding steroid dienone is 13. The quantitative estimate of drug-likeness (QED) is 0.0212. The Labute approximate surface area is 431 Å². The van der Waals surface area contributed by atoms with E-state index in [4.69, 9.17) is 13.8 Å². The minimum atomic E-state index is -4.71. The van der Waals surface area contributed by atoms with E-state index in [1.165, 1.54) is 89.9 Å².